The fraction of sp³-hybridized carbons (Fsp3) is 0.600. The molecule has 1 N–H and O–H groups in total. The van der Waals surface area contributed by atoms with Gasteiger partial charge in [-0.15, -0.1) is 0 Å². The van der Waals surface area contributed by atoms with Gasteiger partial charge in [-0.1, -0.05) is 13.8 Å². The van der Waals surface area contributed by atoms with Crippen LogP contribution in [-0.2, 0) is 0 Å². The molecule has 0 aromatic heterocycles. The molecule has 1 atom stereocenters. The molecule has 1 heterocycles. The highest BCUT2D eigenvalue weighted by Crippen LogP contribution is 2.28. The average molecular weight is 329 g/mol. The second-order valence-corrected chi connectivity index (χ2v) is 6.63. The Morgan fingerprint density at radius 2 is 2.21 bits per heavy atom. The van der Waals surface area contributed by atoms with Gasteiger partial charge in [0.25, 0.3) is 0 Å². The van der Waals surface area contributed by atoms with Gasteiger partial charge in [-0.05, 0) is 52.9 Å². The van der Waals surface area contributed by atoms with Crippen LogP contribution in [-0.4, -0.2) is 25.7 Å². The summed E-state index contributed by atoms with van der Waals surface area (Å²) < 4.78 is 14.0. The lowest BCUT2D eigenvalue weighted by Crippen LogP contribution is -2.51. The molecule has 1 aromatic carbocycles. The van der Waals surface area contributed by atoms with Crippen LogP contribution in [0.4, 0.5) is 10.1 Å². The van der Waals surface area contributed by atoms with Gasteiger partial charge in [0.15, 0.2) is 0 Å². The molecule has 0 radical (unpaired) electrons. The van der Waals surface area contributed by atoms with E-state index in [4.69, 9.17) is 0 Å². The van der Waals surface area contributed by atoms with Crippen molar-refractivity contribution in [1.29, 1.82) is 0 Å². The molecule has 1 unspecified atom stereocenters. The SMILES string of the molecule is Cc1cc(F)c(Br)cc1N1CCNC(CC(C)C)C1. The van der Waals surface area contributed by atoms with Crippen molar-refractivity contribution in [3.05, 3.63) is 28.0 Å². The lowest BCUT2D eigenvalue weighted by molar-refractivity contribution is 0.388. The molecule has 2 nitrogen and oxygen atoms in total. The van der Waals surface area contributed by atoms with Gasteiger partial charge in [-0.3, -0.25) is 0 Å². The minimum atomic E-state index is -0.185. The van der Waals surface area contributed by atoms with Crippen LogP contribution in [0.15, 0.2) is 16.6 Å². The molecule has 19 heavy (non-hydrogen) atoms. The normalized spacial score (nSPS) is 20.1. The van der Waals surface area contributed by atoms with Crippen molar-refractivity contribution in [2.75, 3.05) is 24.5 Å². The molecule has 0 amide bonds. The highest BCUT2D eigenvalue weighted by molar-refractivity contribution is 9.10. The third-order valence-electron chi connectivity index (χ3n) is 3.59. The zero-order valence-corrected chi connectivity index (χ0v) is 13.4. The Morgan fingerprint density at radius 1 is 1.47 bits per heavy atom. The van der Waals surface area contributed by atoms with Gasteiger partial charge < -0.3 is 10.2 Å². The second-order valence-electron chi connectivity index (χ2n) is 5.78. The molecule has 4 heteroatoms. The number of nitrogens with one attached hydrogen (secondary N) is 1. The number of halogens is 2. The maximum atomic E-state index is 13.5. The number of hydrogen-bond donors (Lipinski definition) is 1. The molecule has 1 aliphatic rings. The Labute approximate surface area is 123 Å². The first-order chi connectivity index (χ1) is 8.97. The van der Waals surface area contributed by atoms with Crippen LogP contribution < -0.4 is 10.2 Å². The number of aryl methyl sites for hydroxylation is 1. The van der Waals surface area contributed by atoms with E-state index in [-0.39, 0.29) is 5.82 Å². The summed E-state index contributed by atoms with van der Waals surface area (Å²) in [5.41, 5.74) is 2.15. The van der Waals surface area contributed by atoms with Crippen molar-refractivity contribution in [2.45, 2.75) is 33.2 Å². The standard InChI is InChI=1S/C15H22BrFN2/c1-10(2)6-12-9-19(5-4-18-12)15-8-13(16)14(17)7-11(15)3/h7-8,10,12,18H,4-6,9H2,1-3H3. The predicted octanol–water partition coefficient (Wildman–Crippen LogP) is 3.72. The van der Waals surface area contributed by atoms with E-state index in [0.717, 1.165) is 30.9 Å². The Balaban J connectivity index is 2.15. The third kappa shape index (κ3) is 3.69. The summed E-state index contributed by atoms with van der Waals surface area (Å²) in [7, 11) is 0. The van der Waals surface area contributed by atoms with E-state index < -0.39 is 0 Å². The molecule has 1 saturated heterocycles. The fourth-order valence-electron chi connectivity index (χ4n) is 2.75. The summed E-state index contributed by atoms with van der Waals surface area (Å²) in [6.07, 6.45) is 1.18. The van der Waals surface area contributed by atoms with Crippen LogP contribution in [0.1, 0.15) is 25.8 Å². The Hall–Kier alpha value is -0.610. The van der Waals surface area contributed by atoms with Gasteiger partial charge >= 0.3 is 0 Å². The van der Waals surface area contributed by atoms with Crippen LogP contribution >= 0.6 is 15.9 Å². The molecule has 0 spiro atoms. The highest BCUT2D eigenvalue weighted by Gasteiger charge is 2.22. The van der Waals surface area contributed by atoms with Crippen LogP contribution in [0.5, 0.6) is 0 Å². The van der Waals surface area contributed by atoms with Crippen molar-refractivity contribution < 1.29 is 4.39 Å². The number of hydrogen-bond acceptors (Lipinski definition) is 2. The van der Waals surface area contributed by atoms with E-state index in [1.54, 1.807) is 6.07 Å². The lowest BCUT2D eigenvalue weighted by atomic mass is 10.0. The lowest BCUT2D eigenvalue weighted by Gasteiger charge is -2.37. The van der Waals surface area contributed by atoms with Crippen molar-refractivity contribution in [1.82, 2.24) is 5.32 Å². The molecule has 1 fully saturated rings. The molecule has 1 aliphatic heterocycles. The average Bonchev–Trinajstić information content (AvgIpc) is 2.33. The van der Waals surface area contributed by atoms with E-state index in [1.807, 2.05) is 13.0 Å². The molecule has 1 aromatic rings. The van der Waals surface area contributed by atoms with Crippen LogP contribution in [0.3, 0.4) is 0 Å². The molecular formula is C15H22BrFN2. The van der Waals surface area contributed by atoms with Gasteiger partial charge in [0.05, 0.1) is 4.47 Å². The van der Waals surface area contributed by atoms with Gasteiger partial charge in [-0.25, -0.2) is 4.39 Å². The first kappa shape index (κ1) is 14.8. The molecule has 0 bridgehead atoms. The Morgan fingerprint density at radius 3 is 2.89 bits per heavy atom. The highest BCUT2D eigenvalue weighted by atomic mass is 79.9. The molecule has 2 rings (SSSR count). The van der Waals surface area contributed by atoms with E-state index in [1.165, 1.54) is 6.42 Å². The first-order valence-electron chi connectivity index (χ1n) is 6.91. The summed E-state index contributed by atoms with van der Waals surface area (Å²) in [6, 6.07) is 4.04. The smallest absolute Gasteiger partial charge is 0.137 e. The van der Waals surface area contributed by atoms with Crippen LogP contribution in [0.25, 0.3) is 0 Å². The molecular weight excluding hydrogens is 307 g/mol. The maximum absolute atomic E-state index is 13.5. The minimum Gasteiger partial charge on any atom is -0.368 e. The van der Waals surface area contributed by atoms with Crippen molar-refractivity contribution >= 4 is 21.6 Å². The van der Waals surface area contributed by atoms with Crippen LogP contribution in [0.2, 0.25) is 0 Å². The first-order valence-corrected chi connectivity index (χ1v) is 7.70. The predicted molar refractivity (Wildman–Crippen MR) is 82.3 cm³/mol. The topological polar surface area (TPSA) is 15.3 Å². The number of piperazine rings is 1. The molecule has 0 aliphatic carbocycles. The number of rotatable bonds is 3. The summed E-state index contributed by atoms with van der Waals surface area (Å²) in [5.74, 6) is 0.508. The van der Waals surface area contributed by atoms with E-state index >= 15 is 0 Å². The zero-order valence-electron chi connectivity index (χ0n) is 11.8. The summed E-state index contributed by atoms with van der Waals surface area (Å²) in [5, 5.41) is 3.57. The monoisotopic (exact) mass is 328 g/mol. The largest absolute Gasteiger partial charge is 0.368 e. The summed E-state index contributed by atoms with van der Waals surface area (Å²) in [6.45, 7) is 9.45. The number of anilines is 1. The second kappa shape index (κ2) is 6.23. The summed E-state index contributed by atoms with van der Waals surface area (Å²) in [4.78, 5) is 2.36. The van der Waals surface area contributed by atoms with Crippen molar-refractivity contribution in [3.8, 4) is 0 Å². The Bertz CT molecular complexity index is 448. The molecule has 0 saturated carbocycles. The van der Waals surface area contributed by atoms with E-state index in [9.17, 15) is 4.39 Å². The van der Waals surface area contributed by atoms with Gasteiger partial charge in [-0.2, -0.15) is 0 Å². The van der Waals surface area contributed by atoms with E-state index in [2.05, 4.69) is 40.0 Å². The Kier molecular flexibility index (Phi) is 4.85. The van der Waals surface area contributed by atoms with Gasteiger partial charge in [0, 0.05) is 31.4 Å². The maximum Gasteiger partial charge on any atom is 0.137 e. The molecule has 106 valence electrons. The van der Waals surface area contributed by atoms with Crippen molar-refractivity contribution in [2.24, 2.45) is 5.92 Å². The van der Waals surface area contributed by atoms with Crippen molar-refractivity contribution in [3.63, 3.8) is 0 Å². The minimum absolute atomic E-state index is 0.185. The zero-order chi connectivity index (χ0) is 14.0. The number of benzene rings is 1. The summed E-state index contributed by atoms with van der Waals surface area (Å²) >= 11 is 3.28. The number of nitrogens with zero attached hydrogens (tertiary/aromatic N) is 1. The third-order valence-corrected chi connectivity index (χ3v) is 4.20. The van der Waals surface area contributed by atoms with Gasteiger partial charge in [0.2, 0.25) is 0 Å². The quantitative estimate of drug-likeness (QED) is 0.909. The van der Waals surface area contributed by atoms with E-state index in [0.29, 0.717) is 16.4 Å². The van der Waals surface area contributed by atoms with Gasteiger partial charge in [0.1, 0.15) is 5.82 Å². The van der Waals surface area contributed by atoms with Crippen LogP contribution in [0, 0.1) is 18.7 Å². The fourth-order valence-corrected chi connectivity index (χ4v) is 3.08.